The first kappa shape index (κ1) is 13.1. The van der Waals surface area contributed by atoms with Gasteiger partial charge in [-0.2, -0.15) is 0 Å². The van der Waals surface area contributed by atoms with Crippen molar-refractivity contribution in [3.05, 3.63) is 55.6 Å². The summed E-state index contributed by atoms with van der Waals surface area (Å²) in [4.78, 5) is 3.10. The van der Waals surface area contributed by atoms with Crippen LogP contribution in [-0.2, 0) is 0 Å². The van der Waals surface area contributed by atoms with Gasteiger partial charge in [0, 0.05) is 8.59 Å². The quantitative estimate of drug-likeness (QED) is 0.443. The van der Waals surface area contributed by atoms with Crippen molar-refractivity contribution in [3.8, 4) is 5.69 Å². The zero-order valence-corrected chi connectivity index (χ0v) is 13.2. The summed E-state index contributed by atoms with van der Waals surface area (Å²) >= 11 is 13.4. The van der Waals surface area contributed by atoms with Crippen molar-refractivity contribution in [2.75, 3.05) is 0 Å². The normalized spacial score (nSPS) is 11.1. The lowest BCUT2D eigenvalue weighted by atomic mass is 10.2. The van der Waals surface area contributed by atoms with E-state index in [9.17, 15) is 4.39 Å². The molecule has 0 fully saturated rings. The molecule has 0 spiro atoms. The average molecular weight is 405 g/mol. The number of aromatic nitrogens is 2. The fourth-order valence-corrected chi connectivity index (χ4v) is 3.18. The monoisotopic (exact) mass is 404 g/mol. The smallest absolute Gasteiger partial charge is 0.182 e. The Labute approximate surface area is 132 Å². The van der Waals surface area contributed by atoms with Gasteiger partial charge < -0.3 is 4.98 Å². The Kier molecular flexibility index (Phi) is 3.36. The van der Waals surface area contributed by atoms with Crippen molar-refractivity contribution in [3.63, 3.8) is 0 Å². The summed E-state index contributed by atoms with van der Waals surface area (Å²) < 4.78 is 16.4. The molecule has 0 aliphatic carbocycles. The standard InChI is InChI=1S/C13H7ClFIN2S/c14-7-1-3-12-10(5-7)17-13(19)18(12)11-4-2-8(15)6-9(11)16/h1-6H,(H,17,19). The van der Waals surface area contributed by atoms with Crippen molar-refractivity contribution in [2.24, 2.45) is 0 Å². The highest BCUT2D eigenvalue weighted by Gasteiger charge is 2.10. The van der Waals surface area contributed by atoms with E-state index in [0.29, 0.717) is 9.79 Å². The minimum absolute atomic E-state index is 0.262. The molecule has 3 aromatic rings. The summed E-state index contributed by atoms with van der Waals surface area (Å²) in [5.74, 6) is -0.262. The van der Waals surface area contributed by atoms with Crippen LogP contribution in [0.5, 0.6) is 0 Å². The van der Waals surface area contributed by atoms with E-state index in [-0.39, 0.29) is 5.82 Å². The van der Waals surface area contributed by atoms with E-state index in [1.54, 1.807) is 12.1 Å². The van der Waals surface area contributed by atoms with Crippen LogP contribution >= 0.6 is 46.4 Å². The Morgan fingerprint density at radius 2 is 2.00 bits per heavy atom. The molecule has 0 radical (unpaired) electrons. The van der Waals surface area contributed by atoms with Crippen molar-refractivity contribution < 1.29 is 4.39 Å². The summed E-state index contributed by atoms with van der Waals surface area (Å²) in [7, 11) is 0. The van der Waals surface area contributed by atoms with E-state index < -0.39 is 0 Å². The van der Waals surface area contributed by atoms with Crippen LogP contribution in [-0.4, -0.2) is 9.55 Å². The molecule has 96 valence electrons. The van der Waals surface area contributed by atoms with Gasteiger partial charge in [-0.25, -0.2) is 4.39 Å². The number of aromatic amines is 1. The van der Waals surface area contributed by atoms with Gasteiger partial charge in [-0.1, -0.05) is 11.6 Å². The molecule has 0 aliphatic rings. The van der Waals surface area contributed by atoms with Gasteiger partial charge >= 0.3 is 0 Å². The van der Waals surface area contributed by atoms with Crippen LogP contribution < -0.4 is 0 Å². The van der Waals surface area contributed by atoms with Gasteiger partial charge in [0.1, 0.15) is 5.82 Å². The number of rotatable bonds is 1. The van der Waals surface area contributed by atoms with Gasteiger partial charge in [0.05, 0.1) is 16.7 Å². The van der Waals surface area contributed by atoms with E-state index in [2.05, 4.69) is 27.6 Å². The van der Waals surface area contributed by atoms with Crippen LogP contribution in [0.15, 0.2) is 36.4 Å². The van der Waals surface area contributed by atoms with Gasteiger partial charge in [0.15, 0.2) is 4.77 Å². The van der Waals surface area contributed by atoms with E-state index in [1.165, 1.54) is 12.1 Å². The minimum Gasteiger partial charge on any atom is -0.330 e. The van der Waals surface area contributed by atoms with E-state index >= 15 is 0 Å². The molecule has 0 unspecified atom stereocenters. The number of hydrogen-bond donors (Lipinski definition) is 1. The van der Waals surface area contributed by atoms with Crippen LogP contribution in [0.25, 0.3) is 16.7 Å². The predicted molar refractivity (Wildman–Crippen MR) is 86.1 cm³/mol. The fraction of sp³-hybridized carbons (Fsp3) is 0. The summed E-state index contributed by atoms with van der Waals surface area (Å²) in [5, 5.41) is 0.643. The number of hydrogen-bond acceptors (Lipinski definition) is 1. The molecule has 0 aliphatic heterocycles. The highest BCUT2D eigenvalue weighted by molar-refractivity contribution is 14.1. The zero-order valence-electron chi connectivity index (χ0n) is 9.45. The number of fused-ring (bicyclic) bond motifs is 1. The molecule has 0 bridgehead atoms. The highest BCUT2D eigenvalue weighted by atomic mass is 127. The number of benzene rings is 2. The Bertz CT molecular complexity index is 840. The number of imidazole rings is 1. The molecule has 19 heavy (non-hydrogen) atoms. The second-order valence-electron chi connectivity index (χ2n) is 4.02. The highest BCUT2D eigenvalue weighted by Crippen LogP contribution is 2.25. The Balaban J connectivity index is 2.36. The maximum Gasteiger partial charge on any atom is 0.182 e. The molecule has 1 aromatic heterocycles. The largest absolute Gasteiger partial charge is 0.330 e. The third kappa shape index (κ3) is 2.30. The first-order chi connectivity index (χ1) is 9.06. The summed E-state index contributed by atoms with van der Waals surface area (Å²) in [6.45, 7) is 0. The van der Waals surface area contributed by atoms with Crippen LogP contribution in [0, 0.1) is 14.2 Å². The third-order valence-corrected chi connectivity index (χ3v) is 4.18. The molecule has 1 N–H and O–H groups in total. The van der Waals surface area contributed by atoms with E-state index in [4.69, 9.17) is 23.8 Å². The molecule has 1 heterocycles. The molecule has 6 heteroatoms. The molecule has 0 amide bonds. The molecule has 0 saturated carbocycles. The number of halogens is 3. The fourth-order valence-electron chi connectivity index (χ4n) is 1.99. The van der Waals surface area contributed by atoms with Crippen LogP contribution in [0.2, 0.25) is 5.02 Å². The van der Waals surface area contributed by atoms with Gasteiger partial charge in [0.2, 0.25) is 0 Å². The molecular formula is C13H7ClFIN2S. The Morgan fingerprint density at radius 1 is 1.21 bits per heavy atom. The maximum absolute atomic E-state index is 13.2. The topological polar surface area (TPSA) is 20.7 Å². The molecular weight excluding hydrogens is 398 g/mol. The molecule has 2 aromatic carbocycles. The van der Waals surface area contributed by atoms with E-state index in [0.717, 1.165) is 20.3 Å². The van der Waals surface area contributed by atoms with Crippen molar-refractivity contribution in [1.82, 2.24) is 9.55 Å². The van der Waals surface area contributed by atoms with Crippen LogP contribution in [0.4, 0.5) is 4.39 Å². The van der Waals surface area contributed by atoms with Crippen LogP contribution in [0.1, 0.15) is 0 Å². The molecule has 0 saturated heterocycles. The predicted octanol–water partition coefficient (Wildman–Crippen LogP) is 5.09. The molecule has 3 rings (SSSR count). The number of H-pyrrole nitrogens is 1. The summed E-state index contributed by atoms with van der Waals surface area (Å²) in [5.41, 5.74) is 2.62. The Hall–Kier alpha value is -0.920. The van der Waals surface area contributed by atoms with Crippen molar-refractivity contribution >= 4 is 57.4 Å². The third-order valence-electron chi connectivity index (χ3n) is 2.79. The Morgan fingerprint density at radius 3 is 2.74 bits per heavy atom. The van der Waals surface area contributed by atoms with Crippen molar-refractivity contribution in [1.29, 1.82) is 0 Å². The van der Waals surface area contributed by atoms with Gasteiger partial charge in [-0.3, -0.25) is 4.57 Å². The van der Waals surface area contributed by atoms with Crippen molar-refractivity contribution in [2.45, 2.75) is 0 Å². The number of nitrogens with zero attached hydrogens (tertiary/aromatic N) is 1. The first-order valence-corrected chi connectivity index (χ1v) is 7.28. The van der Waals surface area contributed by atoms with Crippen LogP contribution in [0.3, 0.4) is 0 Å². The second kappa shape index (κ2) is 4.88. The minimum atomic E-state index is -0.262. The molecule has 2 nitrogen and oxygen atoms in total. The molecule has 0 atom stereocenters. The average Bonchev–Trinajstić information content (AvgIpc) is 2.65. The van der Waals surface area contributed by atoms with Gasteiger partial charge in [-0.15, -0.1) is 0 Å². The summed E-state index contributed by atoms with van der Waals surface area (Å²) in [6.07, 6.45) is 0. The maximum atomic E-state index is 13.2. The lowest BCUT2D eigenvalue weighted by Crippen LogP contribution is -1.97. The SMILES string of the molecule is Fc1ccc(-n2c(=S)[nH]c3cc(Cl)ccc32)c(I)c1. The van der Waals surface area contributed by atoms with Gasteiger partial charge in [0.25, 0.3) is 0 Å². The zero-order chi connectivity index (χ0) is 13.6. The lowest BCUT2D eigenvalue weighted by molar-refractivity contribution is 0.626. The second-order valence-corrected chi connectivity index (χ2v) is 6.01. The summed E-state index contributed by atoms with van der Waals surface area (Å²) in [6, 6.07) is 10.1. The van der Waals surface area contributed by atoms with Gasteiger partial charge in [-0.05, 0) is 71.2 Å². The number of nitrogens with one attached hydrogen (secondary N) is 1. The first-order valence-electron chi connectivity index (χ1n) is 5.42. The lowest BCUT2D eigenvalue weighted by Gasteiger charge is -2.07. The van der Waals surface area contributed by atoms with E-state index in [1.807, 2.05) is 16.7 Å².